The summed E-state index contributed by atoms with van der Waals surface area (Å²) in [6.45, 7) is 6.26. The van der Waals surface area contributed by atoms with Crippen LogP contribution in [0.4, 0.5) is 0 Å². The highest BCUT2D eigenvalue weighted by Crippen LogP contribution is 2.31. The van der Waals surface area contributed by atoms with Crippen LogP contribution in [-0.2, 0) is 6.54 Å². The van der Waals surface area contributed by atoms with E-state index < -0.39 is 0 Å². The van der Waals surface area contributed by atoms with Gasteiger partial charge in [-0.25, -0.2) is 0 Å². The van der Waals surface area contributed by atoms with E-state index in [9.17, 15) is 0 Å². The summed E-state index contributed by atoms with van der Waals surface area (Å²) < 4.78 is 1.81. The van der Waals surface area contributed by atoms with E-state index in [1.165, 1.54) is 4.88 Å². The van der Waals surface area contributed by atoms with Gasteiger partial charge in [-0.1, -0.05) is 11.6 Å². The Hall–Kier alpha value is 0.390. The van der Waals surface area contributed by atoms with E-state index in [0.717, 1.165) is 21.9 Å². The highest BCUT2D eigenvalue weighted by molar-refractivity contribution is 9.10. The van der Waals surface area contributed by atoms with Crippen LogP contribution in [0.25, 0.3) is 0 Å². The number of likely N-dealkylation sites (N-methyl/N-ethyl adjacent to an activating group) is 1. The number of thiophene rings is 1. The van der Waals surface area contributed by atoms with E-state index in [2.05, 4.69) is 60.2 Å². The lowest BCUT2D eigenvalue weighted by atomic mass is 10.0. The van der Waals surface area contributed by atoms with Crippen LogP contribution in [0.3, 0.4) is 0 Å². The Balaban J connectivity index is 2.41. The summed E-state index contributed by atoms with van der Waals surface area (Å²) in [5.41, 5.74) is 0.165. The molecule has 0 spiro atoms. The smallest absolute Gasteiger partial charge is 0.107 e. The summed E-state index contributed by atoms with van der Waals surface area (Å²) in [6.07, 6.45) is 0. The standard InChI is InChI=1S/C11H18BrClN2S/c1-11(2,15(3)4)7-14-6-8-5-9(12)10(13)16-8/h5,14H,6-7H2,1-4H3. The summed E-state index contributed by atoms with van der Waals surface area (Å²) in [4.78, 5) is 3.48. The molecular weight excluding hydrogens is 308 g/mol. The first kappa shape index (κ1) is 14.5. The molecule has 1 rings (SSSR count). The summed E-state index contributed by atoms with van der Waals surface area (Å²) in [5.74, 6) is 0. The van der Waals surface area contributed by atoms with E-state index in [-0.39, 0.29) is 5.54 Å². The van der Waals surface area contributed by atoms with E-state index in [0.29, 0.717) is 0 Å². The maximum absolute atomic E-state index is 5.98. The van der Waals surface area contributed by atoms with Gasteiger partial charge in [-0.15, -0.1) is 11.3 Å². The fourth-order valence-corrected chi connectivity index (χ4v) is 2.89. The number of nitrogens with zero attached hydrogens (tertiary/aromatic N) is 1. The van der Waals surface area contributed by atoms with Gasteiger partial charge < -0.3 is 10.2 Å². The van der Waals surface area contributed by atoms with Crippen LogP contribution in [0.1, 0.15) is 18.7 Å². The summed E-state index contributed by atoms with van der Waals surface area (Å²) >= 11 is 11.0. The molecule has 0 radical (unpaired) electrons. The van der Waals surface area contributed by atoms with Crippen LogP contribution in [0.5, 0.6) is 0 Å². The topological polar surface area (TPSA) is 15.3 Å². The van der Waals surface area contributed by atoms with Gasteiger partial charge in [0, 0.05) is 28.0 Å². The first-order valence-electron chi connectivity index (χ1n) is 5.15. The zero-order valence-electron chi connectivity index (χ0n) is 10.1. The molecule has 1 aromatic rings. The van der Waals surface area contributed by atoms with Crippen molar-refractivity contribution in [2.45, 2.75) is 25.9 Å². The molecular formula is C11H18BrClN2S. The summed E-state index contributed by atoms with van der Waals surface area (Å²) in [7, 11) is 4.19. The first-order valence-corrected chi connectivity index (χ1v) is 7.13. The molecule has 16 heavy (non-hydrogen) atoms. The number of rotatable bonds is 5. The van der Waals surface area contributed by atoms with Crippen molar-refractivity contribution in [3.8, 4) is 0 Å². The molecule has 1 aromatic heterocycles. The van der Waals surface area contributed by atoms with Crippen molar-refractivity contribution in [2.24, 2.45) is 0 Å². The van der Waals surface area contributed by atoms with E-state index in [4.69, 9.17) is 11.6 Å². The van der Waals surface area contributed by atoms with Crippen molar-refractivity contribution in [1.82, 2.24) is 10.2 Å². The molecule has 0 atom stereocenters. The summed E-state index contributed by atoms with van der Waals surface area (Å²) in [5, 5.41) is 3.45. The van der Waals surface area contributed by atoms with E-state index in [1.54, 1.807) is 11.3 Å². The molecule has 0 aliphatic heterocycles. The lowest BCUT2D eigenvalue weighted by Crippen LogP contribution is -2.46. The number of halogens is 2. The Morgan fingerprint density at radius 1 is 1.50 bits per heavy atom. The van der Waals surface area contributed by atoms with Crippen LogP contribution >= 0.6 is 38.9 Å². The fraction of sp³-hybridized carbons (Fsp3) is 0.636. The molecule has 0 unspecified atom stereocenters. The Labute approximate surface area is 115 Å². The minimum Gasteiger partial charge on any atom is -0.310 e. The average molecular weight is 326 g/mol. The highest BCUT2D eigenvalue weighted by atomic mass is 79.9. The van der Waals surface area contributed by atoms with E-state index >= 15 is 0 Å². The molecule has 5 heteroatoms. The van der Waals surface area contributed by atoms with Gasteiger partial charge in [-0.3, -0.25) is 0 Å². The average Bonchev–Trinajstić information content (AvgIpc) is 2.45. The van der Waals surface area contributed by atoms with Crippen molar-refractivity contribution in [3.05, 3.63) is 19.8 Å². The van der Waals surface area contributed by atoms with Crippen LogP contribution in [0.2, 0.25) is 4.34 Å². The second kappa shape index (κ2) is 5.83. The minimum absolute atomic E-state index is 0.165. The molecule has 0 fully saturated rings. The van der Waals surface area contributed by atoms with Crippen molar-refractivity contribution in [3.63, 3.8) is 0 Å². The number of nitrogens with one attached hydrogen (secondary N) is 1. The third kappa shape index (κ3) is 4.00. The quantitative estimate of drug-likeness (QED) is 0.890. The Morgan fingerprint density at radius 2 is 2.12 bits per heavy atom. The van der Waals surface area contributed by atoms with Crippen molar-refractivity contribution < 1.29 is 0 Å². The normalized spacial score (nSPS) is 12.4. The summed E-state index contributed by atoms with van der Waals surface area (Å²) in [6, 6.07) is 2.07. The molecule has 0 saturated carbocycles. The van der Waals surface area contributed by atoms with Gasteiger partial charge in [-0.2, -0.15) is 0 Å². The second-order valence-electron chi connectivity index (χ2n) is 4.64. The van der Waals surface area contributed by atoms with Gasteiger partial charge in [0.25, 0.3) is 0 Å². The third-order valence-electron chi connectivity index (χ3n) is 2.76. The highest BCUT2D eigenvalue weighted by Gasteiger charge is 2.19. The molecule has 0 aliphatic rings. The largest absolute Gasteiger partial charge is 0.310 e. The van der Waals surface area contributed by atoms with Crippen LogP contribution in [0.15, 0.2) is 10.5 Å². The zero-order chi connectivity index (χ0) is 12.3. The Bertz CT molecular complexity index is 330. The minimum atomic E-state index is 0.165. The maximum atomic E-state index is 5.98. The van der Waals surface area contributed by atoms with Gasteiger partial charge in [0.05, 0.1) is 0 Å². The van der Waals surface area contributed by atoms with Crippen molar-refractivity contribution in [1.29, 1.82) is 0 Å². The Kier molecular flexibility index (Phi) is 5.26. The Morgan fingerprint density at radius 3 is 2.56 bits per heavy atom. The molecule has 92 valence electrons. The molecule has 0 amide bonds. The van der Waals surface area contributed by atoms with Gasteiger partial charge >= 0.3 is 0 Å². The van der Waals surface area contributed by atoms with Gasteiger partial charge in [0.2, 0.25) is 0 Å². The van der Waals surface area contributed by atoms with Crippen LogP contribution < -0.4 is 5.32 Å². The molecule has 1 heterocycles. The molecule has 0 saturated heterocycles. The monoisotopic (exact) mass is 324 g/mol. The van der Waals surface area contributed by atoms with Crippen molar-refractivity contribution >= 4 is 38.9 Å². The molecule has 0 aliphatic carbocycles. The van der Waals surface area contributed by atoms with Gasteiger partial charge in [0.15, 0.2) is 0 Å². The number of hydrogen-bond acceptors (Lipinski definition) is 3. The predicted octanol–water partition coefficient (Wildman–Crippen LogP) is 3.59. The lowest BCUT2D eigenvalue weighted by Gasteiger charge is -2.32. The fourth-order valence-electron chi connectivity index (χ4n) is 1.13. The molecule has 1 N–H and O–H groups in total. The lowest BCUT2D eigenvalue weighted by molar-refractivity contribution is 0.190. The molecule has 0 aromatic carbocycles. The molecule has 2 nitrogen and oxygen atoms in total. The van der Waals surface area contributed by atoms with Crippen LogP contribution in [0, 0.1) is 0 Å². The maximum Gasteiger partial charge on any atom is 0.107 e. The van der Waals surface area contributed by atoms with Crippen LogP contribution in [-0.4, -0.2) is 31.1 Å². The third-order valence-corrected chi connectivity index (χ3v) is 5.24. The number of hydrogen-bond donors (Lipinski definition) is 1. The zero-order valence-corrected chi connectivity index (χ0v) is 13.3. The van der Waals surface area contributed by atoms with E-state index in [1.807, 2.05) is 0 Å². The molecule has 0 bridgehead atoms. The van der Waals surface area contributed by atoms with Gasteiger partial charge in [0.1, 0.15) is 4.34 Å². The SMILES string of the molecule is CN(C)C(C)(C)CNCc1cc(Br)c(Cl)s1. The van der Waals surface area contributed by atoms with Crippen molar-refractivity contribution in [2.75, 3.05) is 20.6 Å². The first-order chi connectivity index (χ1) is 7.33. The van der Waals surface area contributed by atoms with Gasteiger partial charge in [-0.05, 0) is 49.9 Å². The second-order valence-corrected chi connectivity index (χ2v) is 7.24. The predicted molar refractivity (Wildman–Crippen MR) is 76.5 cm³/mol.